The highest BCUT2D eigenvalue weighted by molar-refractivity contribution is 5.19. The molecule has 94 valence electrons. The molecule has 1 heterocycles. The second-order valence-electron chi connectivity index (χ2n) is 4.74. The van der Waals surface area contributed by atoms with Gasteiger partial charge in [0.25, 0.3) is 0 Å². The van der Waals surface area contributed by atoms with Crippen LogP contribution in [0.5, 0.6) is 0 Å². The lowest BCUT2D eigenvalue weighted by Gasteiger charge is -2.18. The van der Waals surface area contributed by atoms with Crippen LogP contribution in [0.25, 0.3) is 0 Å². The molecule has 0 saturated heterocycles. The first-order valence-electron chi connectivity index (χ1n) is 6.70. The smallest absolute Gasteiger partial charge is 0.117 e. The first-order chi connectivity index (χ1) is 8.33. The SMILES string of the molecule is CCn1cncc1C(O)/C1=C/CCCCCC1. The van der Waals surface area contributed by atoms with Crippen LogP contribution in [0.15, 0.2) is 24.2 Å². The van der Waals surface area contributed by atoms with E-state index in [0.29, 0.717) is 0 Å². The van der Waals surface area contributed by atoms with Crippen molar-refractivity contribution in [3.63, 3.8) is 0 Å². The second-order valence-corrected chi connectivity index (χ2v) is 4.74. The molecule has 2 rings (SSSR count). The van der Waals surface area contributed by atoms with E-state index in [-0.39, 0.29) is 0 Å². The van der Waals surface area contributed by atoms with Gasteiger partial charge in [0.2, 0.25) is 0 Å². The lowest BCUT2D eigenvalue weighted by atomic mass is 9.95. The Morgan fingerprint density at radius 2 is 2.18 bits per heavy atom. The third-order valence-corrected chi connectivity index (χ3v) is 3.54. The minimum absolute atomic E-state index is 0.462. The Hall–Kier alpha value is -1.09. The Morgan fingerprint density at radius 3 is 3.00 bits per heavy atom. The van der Waals surface area contributed by atoms with Crippen LogP contribution in [0.3, 0.4) is 0 Å². The van der Waals surface area contributed by atoms with E-state index < -0.39 is 6.10 Å². The van der Waals surface area contributed by atoms with Gasteiger partial charge in [0, 0.05) is 6.54 Å². The maximum Gasteiger partial charge on any atom is 0.117 e. The van der Waals surface area contributed by atoms with Gasteiger partial charge in [0.1, 0.15) is 6.10 Å². The zero-order valence-electron chi connectivity index (χ0n) is 10.6. The van der Waals surface area contributed by atoms with Crippen LogP contribution in [0.1, 0.15) is 57.2 Å². The largest absolute Gasteiger partial charge is 0.382 e. The van der Waals surface area contributed by atoms with Crippen molar-refractivity contribution in [2.24, 2.45) is 0 Å². The van der Waals surface area contributed by atoms with E-state index in [1.165, 1.54) is 31.3 Å². The van der Waals surface area contributed by atoms with Crippen molar-refractivity contribution in [3.05, 3.63) is 29.9 Å². The molecular weight excluding hydrogens is 212 g/mol. The first kappa shape index (κ1) is 12.4. The molecule has 3 heteroatoms. The van der Waals surface area contributed by atoms with E-state index in [9.17, 15) is 5.11 Å². The van der Waals surface area contributed by atoms with Gasteiger partial charge in [-0.2, -0.15) is 0 Å². The van der Waals surface area contributed by atoms with Crippen molar-refractivity contribution in [1.82, 2.24) is 9.55 Å². The lowest BCUT2D eigenvalue weighted by Crippen LogP contribution is -2.09. The van der Waals surface area contributed by atoms with Crippen molar-refractivity contribution in [3.8, 4) is 0 Å². The van der Waals surface area contributed by atoms with Crippen LogP contribution in [0.2, 0.25) is 0 Å². The number of imidazole rings is 1. The summed E-state index contributed by atoms with van der Waals surface area (Å²) < 4.78 is 2.02. The monoisotopic (exact) mass is 234 g/mol. The van der Waals surface area contributed by atoms with Crippen LogP contribution >= 0.6 is 0 Å². The van der Waals surface area contributed by atoms with Gasteiger partial charge in [-0.05, 0) is 38.2 Å². The van der Waals surface area contributed by atoms with E-state index >= 15 is 0 Å². The molecule has 1 unspecified atom stereocenters. The Morgan fingerprint density at radius 1 is 1.35 bits per heavy atom. The molecular formula is C14H22N2O. The fourth-order valence-corrected chi connectivity index (χ4v) is 2.48. The molecule has 0 saturated carbocycles. The fourth-order valence-electron chi connectivity index (χ4n) is 2.48. The van der Waals surface area contributed by atoms with Gasteiger partial charge >= 0.3 is 0 Å². The number of aryl methyl sites for hydroxylation is 1. The maximum atomic E-state index is 10.4. The molecule has 0 amide bonds. The number of rotatable bonds is 3. The van der Waals surface area contributed by atoms with Gasteiger partial charge in [0.15, 0.2) is 0 Å². The molecule has 1 aliphatic rings. The molecule has 0 spiro atoms. The highest BCUT2D eigenvalue weighted by atomic mass is 16.3. The van der Waals surface area contributed by atoms with E-state index in [1.54, 1.807) is 12.5 Å². The predicted molar refractivity (Wildman–Crippen MR) is 68.6 cm³/mol. The predicted octanol–water partition coefficient (Wildman–Crippen LogP) is 3.22. The second kappa shape index (κ2) is 6.01. The topological polar surface area (TPSA) is 38.0 Å². The van der Waals surface area contributed by atoms with Crippen molar-refractivity contribution >= 4 is 0 Å². The summed E-state index contributed by atoms with van der Waals surface area (Å²) >= 11 is 0. The summed E-state index contributed by atoms with van der Waals surface area (Å²) in [6.07, 6.45) is 12.5. The summed E-state index contributed by atoms with van der Waals surface area (Å²) in [6, 6.07) is 0. The van der Waals surface area contributed by atoms with Crippen LogP contribution < -0.4 is 0 Å². The molecule has 0 bridgehead atoms. The Bertz CT molecular complexity index is 381. The molecule has 1 atom stereocenters. The van der Waals surface area contributed by atoms with Gasteiger partial charge in [-0.15, -0.1) is 0 Å². The van der Waals surface area contributed by atoms with E-state index in [4.69, 9.17) is 0 Å². The minimum Gasteiger partial charge on any atom is -0.382 e. The average molecular weight is 234 g/mol. The van der Waals surface area contributed by atoms with Crippen LogP contribution in [0, 0.1) is 0 Å². The van der Waals surface area contributed by atoms with Crippen molar-refractivity contribution in [2.75, 3.05) is 0 Å². The lowest BCUT2D eigenvalue weighted by molar-refractivity contribution is 0.199. The number of nitrogens with zero attached hydrogens (tertiary/aromatic N) is 2. The molecule has 1 N–H and O–H groups in total. The van der Waals surface area contributed by atoms with Gasteiger partial charge in [-0.1, -0.05) is 18.9 Å². The first-order valence-corrected chi connectivity index (χ1v) is 6.70. The van der Waals surface area contributed by atoms with Gasteiger partial charge < -0.3 is 9.67 Å². The van der Waals surface area contributed by atoms with Crippen molar-refractivity contribution in [1.29, 1.82) is 0 Å². The molecule has 0 aliphatic heterocycles. The third kappa shape index (κ3) is 2.97. The highest BCUT2D eigenvalue weighted by Gasteiger charge is 2.17. The summed E-state index contributed by atoms with van der Waals surface area (Å²) in [6.45, 7) is 2.93. The third-order valence-electron chi connectivity index (χ3n) is 3.54. The highest BCUT2D eigenvalue weighted by Crippen LogP contribution is 2.28. The zero-order chi connectivity index (χ0) is 12.1. The summed E-state index contributed by atoms with van der Waals surface area (Å²) in [4.78, 5) is 4.13. The standard InChI is InChI=1S/C14H22N2O/c1-2-16-11-15-10-13(16)14(17)12-8-6-4-3-5-7-9-12/h8,10-11,14,17H,2-7,9H2,1H3/b12-8+. The zero-order valence-corrected chi connectivity index (χ0v) is 10.6. The van der Waals surface area contributed by atoms with E-state index in [1.807, 2.05) is 4.57 Å². The Kier molecular flexibility index (Phi) is 4.37. The normalized spacial score (nSPS) is 22.4. The summed E-state index contributed by atoms with van der Waals surface area (Å²) in [7, 11) is 0. The van der Waals surface area contributed by atoms with Crippen LogP contribution in [0.4, 0.5) is 0 Å². The molecule has 1 aromatic rings. The van der Waals surface area contributed by atoms with Crippen molar-refractivity contribution < 1.29 is 5.11 Å². The quantitative estimate of drug-likeness (QED) is 0.815. The summed E-state index contributed by atoms with van der Waals surface area (Å²) in [5, 5.41) is 10.4. The van der Waals surface area contributed by atoms with E-state index in [2.05, 4.69) is 18.0 Å². The molecule has 3 nitrogen and oxygen atoms in total. The van der Waals surface area contributed by atoms with E-state index in [0.717, 1.165) is 25.1 Å². The molecule has 1 aromatic heterocycles. The maximum absolute atomic E-state index is 10.4. The number of hydrogen-bond acceptors (Lipinski definition) is 2. The number of aliphatic hydroxyl groups excluding tert-OH is 1. The number of aliphatic hydroxyl groups is 1. The Labute approximate surface area is 103 Å². The van der Waals surface area contributed by atoms with Crippen LogP contribution in [-0.4, -0.2) is 14.7 Å². The number of allylic oxidation sites excluding steroid dienone is 1. The Balaban J connectivity index is 2.14. The van der Waals surface area contributed by atoms with Crippen LogP contribution in [-0.2, 0) is 6.54 Å². The minimum atomic E-state index is -0.462. The molecule has 0 radical (unpaired) electrons. The van der Waals surface area contributed by atoms with Crippen molar-refractivity contribution in [2.45, 2.75) is 58.1 Å². The summed E-state index contributed by atoms with van der Waals surface area (Å²) in [5.41, 5.74) is 2.11. The fraction of sp³-hybridized carbons (Fsp3) is 0.643. The average Bonchev–Trinajstić information content (AvgIpc) is 2.75. The van der Waals surface area contributed by atoms with Gasteiger partial charge in [-0.25, -0.2) is 4.98 Å². The number of aromatic nitrogens is 2. The number of hydrogen-bond donors (Lipinski definition) is 1. The van der Waals surface area contributed by atoms with Gasteiger partial charge in [-0.3, -0.25) is 0 Å². The summed E-state index contributed by atoms with van der Waals surface area (Å²) in [5.74, 6) is 0. The molecule has 1 aliphatic carbocycles. The van der Waals surface area contributed by atoms with Gasteiger partial charge in [0.05, 0.1) is 18.2 Å². The molecule has 0 fully saturated rings. The molecule has 0 aromatic carbocycles. The molecule has 17 heavy (non-hydrogen) atoms.